The van der Waals surface area contributed by atoms with E-state index in [4.69, 9.17) is 0 Å². The van der Waals surface area contributed by atoms with Gasteiger partial charge in [0.25, 0.3) is 0 Å². The van der Waals surface area contributed by atoms with E-state index in [1.54, 1.807) is 0 Å². The minimum Gasteiger partial charge on any atom is -0.389 e. The lowest BCUT2D eigenvalue weighted by Gasteiger charge is -2.37. The summed E-state index contributed by atoms with van der Waals surface area (Å²) in [5, 5.41) is 13.3. The fourth-order valence-corrected chi connectivity index (χ4v) is 2.65. The Hall–Kier alpha value is -0.610. The average Bonchev–Trinajstić information content (AvgIpc) is 2.29. The highest BCUT2D eigenvalue weighted by Crippen LogP contribution is 2.32. The van der Waals surface area contributed by atoms with Crippen molar-refractivity contribution in [3.8, 4) is 0 Å². The Labute approximate surface area is 111 Å². The predicted molar refractivity (Wildman–Crippen MR) is 73.4 cm³/mol. The fourth-order valence-electron chi connectivity index (χ4n) is 2.65. The molecule has 4 nitrogen and oxygen atoms in total. The van der Waals surface area contributed by atoms with Crippen molar-refractivity contribution >= 4 is 5.91 Å². The van der Waals surface area contributed by atoms with Crippen LogP contribution in [0.2, 0.25) is 0 Å². The van der Waals surface area contributed by atoms with Crippen LogP contribution in [0.3, 0.4) is 0 Å². The van der Waals surface area contributed by atoms with Crippen LogP contribution < -0.4 is 5.32 Å². The minimum absolute atomic E-state index is 0.0255. The molecule has 0 unspecified atom stereocenters. The topological polar surface area (TPSA) is 52.6 Å². The molecule has 0 aliphatic heterocycles. The smallest absolute Gasteiger partial charge is 0.216 e. The van der Waals surface area contributed by atoms with Crippen LogP contribution in [0, 0.1) is 5.92 Å². The maximum absolute atomic E-state index is 10.7. The Bertz CT molecular complexity index is 261. The van der Waals surface area contributed by atoms with Gasteiger partial charge in [0.05, 0.1) is 5.60 Å². The summed E-state index contributed by atoms with van der Waals surface area (Å²) in [4.78, 5) is 12.9. The first-order chi connectivity index (χ1) is 8.41. The maximum Gasteiger partial charge on any atom is 0.216 e. The zero-order chi connectivity index (χ0) is 13.6. The van der Waals surface area contributed by atoms with Gasteiger partial charge in [-0.05, 0) is 51.6 Å². The summed E-state index contributed by atoms with van der Waals surface area (Å²) in [7, 11) is 2.05. The minimum atomic E-state index is -0.491. The second kappa shape index (κ2) is 7.10. The SMILES string of the molecule is CC(=O)NCCCN(C)CC1(O)CCC(C)CC1. The molecule has 0 aromatic carbocycles. The first-order valence-electron chi connectivity index (χ1n) is 7.07. The molecule has 0 saturated heterocycles. The quantitative estimate of drug-likeness (QED) is 0.706. The van der Waals surface area contributed by atoms with Crippen LogP contribution in [-0.4, -0.2) is 48.2 Å². The average molecular weight is 256 g/mol. The number of rotatable bonds is 6. The molecular formula is C14H28N2O2. The van der Waals surface area contributed by atoms with Gasteiger partial charge in [-0.1, -0.05) is 6.92 Å². The number of nitrogens with one attached hydrogen (secondary N) is 1. The molecule has 106 valence electrons. The van der Waals surface area contributed by atoms with Gasteiger partial charge in [-0.2, -0.15) is 0 Å². The lowest BCUT2D eigenvalue weighted by Crippen LogP contribution is -2.44. The molecule has 0 heterocycles. The van der Waals surface area contributed by atoms with Crippen LogP contribution in [0.1, 0.15) is 46.0 Å². The highest BCUT2D eigenvalue weighted by atomic mass is 16.3. The molecule has 1 fully saturated rings. The van der Waals surface area contributed by atoms with Crippen molar-refractivity contribution in [2.24, 2.45) is 5.92 Å². The number of nitrogens with zero attached hydrogens (tertiary/aromatic N) is 1. The number of likely N-dealkylation sites (N-methyl/N-ethyl adjacent to an activating group) is 1. The number of hydrogen-bond acceptors (Lipinski definition) is 3. The largest absolute Gasteiger partial charge is 0.389 e. The second-order valence-corrected chi connectivity index (χ2v) is 5.98. The molecular weight excluding hydrogens is 228 g/mol. The van der Waals surface area contributed by atoms with Crippen LogP contribution in [0.25, 0.3) is 0 Å². The van der Waals surface area contributed by atoms with Gasteiger partial charge in [0.15, 0.2) is 0 Å². The van der Waals surface area contributed by atoms with Crippen molar-refractivity contribution in [2.45, 2.75) is 51.6 Å². The molecule has 18 heavy (non-hydrogen) atoms. The van der Waals surface area contributed by atoms with E-state index in [2.05, 4.69) is 17.1 Å². The molecule has 0 aromatic heterocycles. The van der Waals surface area contributed by atoms with Crippen LogP contribution in [0.15, 0.2) is 0 Å². The number of hydrogen-bond donors (Lipinski definition) is 2. The van der Waals surface area contributed by atoms with Gasteiger partial charge in [-0.3, -0.25) is 4.79 Å². The zero-order valence-electron chi connectivity index (χ0n) is 12.0. The Morgan fingerprint density at radius 3 is 2.61 bits per heavy atom. The van der Waals surface area contributed by atoms with Gasteiger partial charge >= 0.3 is 0 Å². The standard InChI is InChI=1S/C14H28N2O2/c1-12-5-7-14(18,8-6-12)11-16(3)10-4-9-15-13(2)17/h12,18H,4-11H2,1-3H3,(H,15,17). The van der Waals surface area contributed by atoms with Crippen LogP contribution >= 0.6 is 0 Å². The zero-order valence-corrected chi connectivity index (χ0v) is 12.0. The van der Waals surface area contributed by atoms with Crippen LogP contribution in [0.4, 0.5) is 0 Å². The van der Waals surface area contributed by atoms with Crippen molar-refractivity contribution in [3.63, 3.8) is 0 Å². The van der Waals surface area contributed by atoms with Gasteiger partial charge in [0, 0.05) is 20.0 Å². The van der Waals surface area contributed by atoms with E-state index in [0.29, 0.717) is 0 Å². The van der Waals surface area contributed by atoms with Crippen molar-refractivity contribution in [2.75, 3.05) is 26.7 Å². The Kier molecular flexibility index (Phi) is 6.09. The van der Waals surface area contributed by atoms with Crippen LogP contribution in [-0.2, 0) is 4.79 Å². The summed E-state index contributed by atoms with van der Waals surface area (Å²) < 4.78 is 0. The Balaban J connectivity index is 2.18. The van der Waals surface area contributed by atoms with E-state index in [1.807, 2.05) is 7.05 Å². The summed E-state index contributed by atoms with van der Waals surface area (Å²) in [6, 6.07) is 0. The van der Waals surface area contributed by atoms with Gasteiger partial charge in [-0.25, -0.2) is 0 Å². The van der Waals surface area contributed by atoms with Crippen molar-refractivity contribution < 1.29 is 9.90 Å². The molecule has 4 heteroatoms. The molecule has 1 aliphatic rings. The first-order valence-corrected chi connectivity index (χ1v) is 7.07. The molecule has 0 aromatic rings. The molecule has 0 spiro atoms. The van der Waals surface area contributed by atoms with Crippen molar-refractivity contribution in [1.29, 1.82) is 0 Å². The summed E-state index contributed by atoms with van der Waals surface area (Å²) in [5.74, 6) is 0.785. The normalized spacial score (nSPS) is 28.4. The molecule has 2 N–H and O–H groups in total. The number of amides is 1. The van der Waals surface area contributed by atoms with Crippen molar-refractivity contribution in [3.05, 3.63) is 0 Å². The van der Waals surface area contributed by atoms with Gasteiger partial charge in [0.1, 0.15) is 0 Å². The van der Waals surface area contributed by atoms with E-state index in [-0.39, 0.29) is 5.91 Å². The lowest BCUT2D eigenvalue weighted by molar-refractivity contribution is -0.119. The van der Waals surface area contributed by atoms with Gasteiger partial charge < -0.3 is 15.3 Å². The fraction of sp³-hybridized carbons (Fsp3) is 0.929. The molecule has 1 amide bonds. The number of carbonyl (C=O) groups excluding carboxylic acids is 1. The molecule has 1 rings (SSSR count). The number of aliphatic hydroxyl groups is 1. The molecule has 1 aliphatic carbocycles. The van der Waals surface area contributed by atoms with E-state index >= 15 is 0 Å². The summed E-state index contributed by atoms with van der Waals surface area (Å²) >= 11 is 0. The predicted octanol–water partition coefficient (Wildman–Crippen LogP) is 1.39. The molecule has 0 atom stereocenters. The molecule has 0 bridgehead atoms. The van der Waals surface area contributed by atoms with Gasteiger partial charge in [-0.15, -0.1) is 0 Å². The molecule has 0 radical (unpaired) electrons. The molecule has 1 saturated carbocycles. The van der Waals surface area contributed by atoms with E-state index in [1.165, 1.54) is 6.92 Å². The van der Waals surface area contributed by atoms with Gasteiger partial charge in [0.2, 0.25) is 5.91 Å². The third-order valence-electron chi connectivity index (χ3n) is 3.86. The summed E-state index contributed by atoms with van der Waals surface area (Å²) in [5.41, 5.74) is -0.491. The highest BCUT2D eigenvalue weighted by molar-refractivity contribution is 5.72. The van der Waals surface area contributed by atoms with E-state index in [9.17, 15) is 9.90 Å². The maximum atomic E-state index is 10.7. The lowest BCUT2D eigenvalue weighted by atomic mass is 9.79. The monoisotopic (exact) mass is 256 g/mol. The first kappa shape index (κ1) is 15.4. The summed E-state index contributed by atoms with van der Waals surface area (Å²) in [6.45, 7) is 6.18. The van der Waals surface area contributed by atoms with E-state index < -0.39 is 5.60 Å². The summed E-state index contributed by atoms with van der Waals surface area (Å²) in [6.07, 6.45) is 5.05. The van der Waals surface area contributed by atoms with Crippen LogP contribution in [0.5, 0.6) is 0 Å². The van der Waals surface area contributed by atoms with Crippen molar-refractivity contribution in [1.82, 2.24) is 10.2 Å². The Morgan fingerprint density at radius 1 is 1.44 bits per heavy atom. The Morgan fingerprint density at radius 2 is 2.06 bits per heavy atom. The highest BCUT2D eigenvalue weighted by Gasteiger charge is 2.32. The number of carbonyl (C=O) groups is 1. The third-order valence-corrected chi connectivity index (χ3v) is 3.86. The third kappa shape index (κ3) is 5.83. The second-order valence-electron chi connectivity index (χ2n) is 5.98. The van der Waals surface area contributed by atoms with E-state index in [0.717, 1.165) is 57.7 Å².